The van der Waals surface area contributed by atoms with Gasteiger partial charge in [-0.05, 0) is 48.2 Å². The zero-order valence-electron chi connectivity index (χ0n) is 15.0. The molecule has 1 aliphatic heterocycles. The number of hydrogen-bond donors (Lipinski definition) is 3. The molecule has 0 saturated carbocycles. The maximum atomic E-state index is 13.0. The van der Waals surface area contributed by atoms with Gasteiger partial charge in [-0.1, -0.05) is 31.2 Å². The first-order valence-electron chi connectivity index (χ1n) is 8.57. The summed E-state index contributed by atoms with van der Waals surface area (Å²) in [5.41, 5.74) is 0.784. The highest BCUT2D eigenvalue weighted by Crippen LogP contribution is 2.27. The molecule has 3 rings (SSSR count). The molecule has 27 heavy (non-hydrogen) atoms. The summed E-state index contributed by atoms with van der Waals surface area (Å²) in [4.78, 5) is 35.9. The topological polar surface area (TPSA) is 87.3 Å². The van der Waals surface area contributed by atoms with Gasteiger partial charge >= 0.3 is 6.03 Å². The molecule has 2 aromatic rings. The minimum absolute atomic E-state index is 0.0776. The zero-order valence-corrected chi connectivity index (χ0v) is 15.0. The second kappa shape index (κ2) is 7.19. The lowest BCUT2D eigenvalue weighted by Crippen LogP contribution is -2.40. The molecule has 140 valence electrons. The van der Waals surface area contributed by atoms with Crippen molar-refractivity contribution in [2.75, 3.05) is 5.32 Å². The predicted octanol–water partition coefficient (Wildman–Crippen LogP) is 3.01. The van der Waals surface area contributed by atoms with Crippen molar-refractivity contribution in [3.63, 3.8) is 0 Å². The second-order valence-electron chi connectivity index (χ2n) is 6.82. The van der Waals surface area contributed by atoms with Crippen molar-refractivity contribution in [2.24, 2.45) is 0 Å². The van der Waals surface area contributed by atoms with Gasteiger partial charge in [-0.2, -0.15) is 0 Å². The minimum atomic E-state index is -1.18. The molecule has 4 amide bonds. The third-order valence-corrected chi connectivity index (χ3v) is 4.70. The quantitative estimate of drug-likeness (QED) is 0.708. The van der Waals surface area contributed by atoms with Crippen LogP contribution in [-0.4, -0.2) is 17.8 Å². The van der Waals surface area contributed by atoms with Crippen molar-refractivity contribution in [3.8, 4) is 0 Å². The van der Waals surface area contributed by atoms with Crippen LogP contribution in [0.3, 0.4) is 0 Å². The van der Waals surface area contributed by atoms with Crippen LogP contribution in [0.15, 0.2) is 48.5 Å². The van der Waals surface area contributed by atoms with Crippen molar-refractivity contribution in [3.05, 3.63) is 65.5 Å². The molecule has 1 aliphatic rings. The number of carbonyl (C=O) groups excluding carboxylic acids is 3. The fourth-order valence-corrected chi connectivity index (χ4v) is 3.05. The van der Waals surface area contributed by atoms with Crippen LogP contribution in [-0.2, 0) is 15.1 Å². The van der Waals surface area contributed by atoms with Gasteiger partial charge in [-0.3, -0.25) is 14.9 Å². The van der Waals surface area contributed by atoms with E-state index in [9.17, 15) is 18.8 Å². The summed E-state index contributed by atoms with van der Waals surface area (Å²) < 4.78 is 13.0. The maximum Gasteiger partial charge on any atom is 0.322 e. The van der Waals surface area contributed by atoms with Crippen LogP contribution in [0.4, 0.5) is 14.9 Å². The lowest BCUT2D eigenvalue weighted by molar-refractivity contribution is -0.123. The summed E-state index contributed by atoms with van der Waals surface area (Å²) >= 11 is 0. The fraction of sp³-hybridized carbons (Fsp3) is 0.250. The third-order valence-electron chi connectivity index (χ3n) is 4.70. The smallest absolute Gasteiger partial charge is 0.322 e. The highest BCUT2D eigenvalue weighted by atomic mass is 19.1. The number of rotatable bonds is 5. The molecule has 7 heteroatoms. The third kappa shape index (κ3) is 3.97. The van der Waals surface area contributed by atoms with Gasteiger partial charge in [0.1, 0.15) is 11.4 Å². The van der Waals surface area contributed by atoms with Crippen LogP contribution < -0.4 is 16.0 Å². The molecule has 1 saturated heterocycles. The summed E-state index contributed by atoms with van der Waals surface area (Å²) in [6.07, 6.45) is 0.227. The molecule has 1 heterocycles. The molecular weight excluding hydrogens is 349 g/mol. The van der Waals surface area contributed by atoms with E-state index in [-0.39, 0.29) is 24.1 Å². The first-order valence-corrected chi connectivity index (χ1v) is 8.57. The monoisotopic (exact) mass is 369 g/mol. The Morgan fingerprint density at radius 1 is 1.19 bits per heavy atom. The lowest BCUT2D eigenvalue weighted by atomic mass is 9.92. The van der Waals surface area contributed by atoms with Gasteiger partial charge in [0.15, 0.2) is 0 Å². The van der Waals surface area contributed by atoms with Gasteiger partial charge in [0.05, 0.1) is 0 Å². The van der Waals surface area contributed by atoms with Crippen LogP contribution in [0.5, 0.6) is 0 Å². The van der Waals surface area contributed by atoms with E-state index < -0.39 is 17.5 Å². The Morgan fingerprint density at radius 3 is 2.52 bits per heavy atom. The lowest BCUT2D eigenvalue weighted by Gasteiger charge is -2.22. The Labute approximate surface area is 156 Å². The molecule has 0 aromatic heterocycles. The number of halogens is 1. The van der Waals surface area contributed by atoms with Crippen LogP contribution >= 0.6 is 0 Å². The molecule has 0 aliphatic carbocycles. The second-order valence-corrected chi connectivity index (χ2v) is 6.82. The molecular formula is C20H20FN3O3. The Kier molecular flexibility index (Phi) is 4.94. The number of hydrogen-bond acceptors (Lipinski definition) is 3. The van der Waals surface area contributed by atoms with E-state index in [2.05, 4.69) is 16.0 Å². The van der Waals surface area contributed by atoms with E-state index in [0.717, 1.165) is 5.56 Å². The van der Waals surface area contributed by atoms with E-state index >= 15 is 0 Å². The van der Waals surface area contributed by atoms with Gasteiger partial charge in [0, 0.05) is 12.1 Å². The summed E-state index contributed by atoms with van der Waals surface area (Å²) in [6, 6.07) is 12.3. The SMILES string of the molecule is CC(CC(=O)Nc1cccc(C2(C)NC(=O)NC2=O)c1)c1ccc(F)cc1. The van der Waals surface area contributed by atoms with Crippen LogP contribution in [0.1, 0.15) is 37.3 Å². The maximum absolute atomic E-state index is 13.0. The Balaban J connectivity index is 1.69. The Morgan fingerprint density at radius 2 is 1.89 bits per heavy atom. The van der Waals surface area contributed by atoms with E-state index in [1.165, 1.54) is 12.1 Å². The van der Waals surface area contributed by atoms with Crippen molar-refractivity contribution < 1.29 is 18.8 Å². The van der Waals surface area contributed by atoms with E-state index in [0.29, 0.717) is 11.3 Å². The molecule has 2 unspecified atom stereocenters. The summed E-state index contributed by atoms with van der Waals surface area (Å²) in [5.74, 6) is -1.04. The molecule has 2 atom stereocenters. The summed E-state index contributed by atoms with van der Waals surface area (Å²) in [7, 11) is 0. The van der Waals surface area contributed by atoms with Crippen LogP contribution in [0.25, 0.3) is 0 Å². The normalized spacial score (nSPS) is 20.0. The largest absolute Gasteiger partial charge is 0.326 e. The molecule has 0 radical (unpaired) electrons. The van der Waals surface area contributed by atoms with E-state index in [1.54, 1.807) is 43.3 Å². The number of carbonyl (C=O) groups is 3. The van der Waals surface area contributed by atoms with Crippen molar-refractivity contribution in [2.45, 2.75) is 31.7 Å². The molecule has 1 fully saturated rings. The first-order chi connectivity index (χ1) is 12.8. The van der Waals surface area contributed by atoms with Crippen LogP contribution in [0, 0.1) is 5.82 Å². The number of benzene rings is 2. The summed E-state index contributed by atoms with van der Waals surface area (Å²) in [5, 5.41) is 7.61. The Hall–Kier alpha value is -3.22. The Bertz CT molecular complexity index is 898. The fourth-order valence-electron chi connectivity index (χ4n) is 3.05. The predicted molar refractivity (Wildman–Crippen MR) is 98.5 cm³/mol. The number of urea groups is 1. The molecule has 2 aromatic carbocycles. The van der Waals surface area contributed by atoms with Crippen molar-refractivity contribution >= 4 is 23.5 Å². The standard InChI is InChI=1S/C20H20FN3O3/c1-12(13-6-8-15(21)9-7-13)10-17(25)22-16-5-3-4-14(11-16)20(2)18(26)23-19(27)24-20/h3-9,11-12H,10H2,1-2H3,(H,22,25)(H2,23,24,26,27). The zero-order chi connectivity index (χ0) is 19.6. The highest BCUT2D eigenvalue weighted by molar-refractivity contribution is 6.07. The average Bonchev–Trinajstić information content (AvgIpc) is 2.88. The number of nitrogens with one attached hydrogen (secondary N) is 3. The summed E-state index contributed by atoms with van der Waals surface area (Å²) in [6.45, 7) is 3.49. The number of anilines is 1. The van der Waals surface area contributed by atoms with Gasteiger partial charge < -0.3 is 10.6 Å². The van der Waals surface area contributed by atoms with E-state index in [4.69, 9.17) is 0 Å². The average molecular weight is 369 g/mol. The van der Waals surface area contributed by atoms with Gasteiger partial charge in [-0.25, -0.2) is 9.18 Å². The molecule has 6 nitrogen and oxygen atoms in total. The first kappa shape index (κ1) is 18.6. The number of imide groups is 1. The van der Waals surface area contributed by atoms with Gasteiger partial charge in [0.25, 0.3) is 5.91 Å². The van der Waals surface area contributed by atoms with Crippen molar-refractivity contribution in [1.29, 1.82) is 0 Å². The van der Waals surface area contributed by atoms with Gasteiger partial charge in [-0.15, -0.1) is 0 Å². The molecule has 0 spiro atoms. The highest BCUT2D eigenvalue weighted by Gasteiger charge is 2.43. The number of amides is 4. The molecule has 3 N–H and O–H groups in total. The van der Waals surface area contributed by atoms with Gasteiger partial charge in [0.2, 0.25) is 5.91 Å². The molecule has 0 bridgehead atoms. The van der Waals surface area contributed by atoms with E-state index in [1.807, 2.05) is 6.92 Å². The van der Waals surface area contributed by atoms with Crippen molar-refractivity contribution in [1.82, 2.24) is 10.6 Å². The van der Waals surface area contributed by atoms with Crippen LogP contribution in [0.2, 0.25) is 0 Å². The minimum Gasteiger partial charge on any atom is -0.326 e.